The molecule has 5 rings (SSSR count). The number of hydrogen-bond acceptors (Lipinski definition) is 6. The number of hydrogen-bond donors (Lipinski definition) is 2. The molecule has 2 aliphatic rings. The molecule has 2 N–H and O–H groups in total. The summed E-state index contributed by atoms with van der Waals surface area (Å²) < 4.78 is 75.4. The lowest BCUT2D eigenvalue weighted by Crippen LogP contribution is -2.48. The fourth-order valence-corrected chi connectivity index (χ4v) is 4.12. The molecular weight excluding hydrogens is 447 g/mol. The number of nitrogens with one attached hydrogen (secondary N) is 2. The Morgan fingerprint density at radius 1 is 1.15 bits per heavy atom. The maximum absolute atomic E-state index is 14.8. The Hall–Kier alpha value is -3.02. The Morgan fingerprint density at radius 3 is 2.64 bits per heavy atom. The number of anilines is 1. The normalized spacial score (nSPS) is 21.4. The molecular formula is C21H21F5N6O. The van der Waals surface area contributed by atoms with Gasteiger partial charge in [-0.1, -0.05) is 0 Å². The first-order valence-corrected chi connectivity index (χ1v) is 10.6. The largest absolute Gasteiger partial charge is 0.495 e. The first-order chi connectivity index (χ1) is 15.7. The molecule has 2 atom stereocenters. The van der Waals surface area contributed by atoms with Crippen molar-refractivity contribution in [1.29, 1.82) is 0 Å². The van der Waals surface area contributed by atoms with Crippen molar-refractivity contribution >= 4 is 11.5 Å². The molecule has 33 heavy (non-hydrogen) atoms. The van der Waals surface area contributed by atoms with Gasteiger partial charge in [-0.25, -0.2) is 23.3 Å². The van der Waals surface area contributed by atoms with E-state index in [4.69, 9.17) is 4.74 Å². The summed E-state index contributed by atoms with van der Waals surface area (Å²) in [6.07, 6.45) is -1.32. The van der Waals surface area contributed by atoms with Crippen LogP contribution in [0.5, 0.6) is 5.75 Å². The Morgan fingerprint density at radius 2 is 1.94 bits per heavy atom. The van der Waals surface area contributed by atoms with Crippen LogP contribution in [0.25, 0.3) is 17.0 Å². The lowest BCUT2D eigenvalue weighted by Gasteiger charge is -2.32. The number of rotatable bonds is 5. The standard InChI is InChI=1S/C21H21F5N6O/c1-33-16-6-17-28-9-15(32(17)31-18(16)10-2-3-10)19-13(22)5-14(23)20(30-19)29-12-4-11(7-27-8-12)21(24,25)26/h5-6,9-12,27H,2-4,7-8H2,1H3,(H,29,30). The van der Waals surface area contributed by atoms with Crippen LogP contribution in [0.4, 0.5) is 27.8 Å². The molecule has 0 bridgehead atoms. The SMILES string of the molecule is COc1cc2ncc(-c3nc(NC4CNCC(C(F)(F)F)C4)c(F)cc3F)n2nc1C1CC1. The van der Waals surface area contributed by atoms with Crippen molar-refractivity contribution in [1.82, 2.24) is 24.9 Å². The Kier molecular flexibility index (Phi) is 5.34. The Balaban J connectivity index is 1.49. The van der Waals surface area contributed by atoms with Crippen LogP contribution in [0.1, 0.15) is 30.9 Å². The van der Waals surface area contributed by atoms with E-state index in [0.717, 1.165) is 18.5 Å². The highest BCUT2D eigenvalue weighted by molar-refractivity contribution is 5.63. The van der Waals surface area contributed by atoms with Crippen LogP contribution in [-0.4, -0.2) is 52.0 Å². The second-order valence-electron chi connectivity index (χ2n) is 8.41. The van der Waals surface area contributed by atoms with Crippen molar-refractivity contribution in [3.05, 3.63) is 35.7 Å². The first kappa shape index (κ1) is 21.8. The average Bonchev–Trinajstić information content (AvgIpc) is 3.54. The maximum atomic E-state index is 14.8. The van der Waals surface area contributed by atoms with E-state index in [2.05, 4.69) is 25.7 Å². The van der Waals surface area contributed by atoms with Gasteiger partial charge in [-0.05, 0) is 19.3 Å². The summed E-state index contributed by atoms with van der Waals surface area (Å²) in [4.78, 5) is 8.31. The van der Waals surface area contributed by atoms with Gasteiger partial charge in [0.15, 0.2) is 23.1 Å². The van der Waals surface area contributed by atoms with Gasteiger partial charge in [-0.3, -0.25) is 0 Å². The molecule has 3 aromatic rings. The molecule has 3 aromatic heterocycles. The van der Waals surface area contributed by atoms with Crippen LogP contribution in [-0.2, 0) is 0 Å². The number of pyridine rings is 1. The molecule has 1 aliphatic carbocycles. The summed E-state index contributed by atoms with van der Waals surface area (Å²) >= 11 is 0. The highest BCUT2D eigenvalue weighted by atomic mass is 19.4. The van der Waals surface area contributed by atoms with Gasteiger partial charge in [0.25, 0.3) is 0 Å². The lowest BCUT2D eigenvalue weighted by molar-refractivity contribution is -0.178. The summed E-state index contributed by atoms with van der Waals surface area (Å²) in [6.45, 7) is -0.00530. The van der Waals surface area contributed by atoms with Gasteiger partial charge >= 0.3 is 6.18 Å². The van der Waals surface area contributed by atoms with Crippen molar-refractivity contribution in [3.8, 4) is 17.1 Å². The van der Waals surface area contributed by atoms with Crippen molar-refractivity contribution in [3.63, 3.8) is 0 Å². The zero-order chi connectivity index (χ0) is 23.3. The first-order valence-electron chi connectivity index (χ1n) is 10.6. The number of alkyl halides is 3. The Labute approximate surface area is 185 Å². The van der Waals surface area contributed by atoms with Crippen molar-refractivity contribution < 1.29 is 26.7 Å². The number of nitrogens with zero attached hydrogens (tertiary/aromatic N) is 4. The van der Waals surface area contributed by atoms with E-state index >= 15 is 0 Å². The zero-order valence-electron chi connectivity index (χ0n) is 17.6. The topological polar surface area (TPSA) is 76.4 Å². The van der Waals surface area contributed by atoms with Crippen LogP contribution >= 0.6 is 0 Å². The number of halogens is 5. The third-order valence-corrected chi connectivity index (χ3v) is 6.00. The third kappa shape index (κ3) is 4.19. The fraction of sp³-hybridized carbons (Fsp3) is 0.476. The monoisotopic (exact) mass is 468 g/mol. The second-order valence-corrected chi connectivity index (χ2v) is 8.41. The van der Waals surface area contributed by atoms with Gasteiger partial charge < -0.3 is 15.4 Å². The van der Waals surface area contributed by atoms with Gasteiger partial charge in [-0.2, -0.15) is 18.3 Å². The van der Waals surface area contributed by atoms with Crippen LogP contribution in [0.2, 0.25) is 0 Å². The zero-order valence-corrected chi connectivity index (χ0v) is 17.6. The van der Waals surface area contributed by atoms with E-state index in [9.17, 15) is 22.0 Å². The van der Waals surface area contributed by atoms with Gasteiger partial charge in [-0.15, -0.1) is 0 Å². The second kappa shape index (κ2) is 8.08. The predicted molar refractivity (Wildman–Crippen MR) is 109 cm³/mol. The smallest absolute Gasteiger partial charge is 0.393 e. The van der Waals surface area contributed by atoms with Gasteiger partial charge in [0.1, 0.15) is 22.8 Å². The minimum atomic E-state index is -4.37. The van der Waals surface area contributed by atoms with Crippen molar-refractivity contribution in [2.24, 2.45) is 5.92 Å². The van der Waals surface area contributed by atoms with E-state index in [1.165, 1.54) is 17.8 Å². The van der Waals surface area contributed by atoms with Crippen LogP contribution in [0.15, 0.2) is 18.3 Å². The van der Waals surface area contributed by atoms with E-state index in [1.54, 1.807) is 6.07 Å². The third-order valence-electron chi connectivity index (χ3n) is 6.00. The summed E-state index contributed by atoms with van der Waals surface area (Å²) in [7, 11) is 1.53. The molecule has 12 heteroatoms. The van der Waals surface area contributed by atoms with E-state index in [0.29, 0.717) is 17.5 Å². The number of aromatic nitrogens is 4. The maximum Gasteiger partial charge on any atom is 0.393 e. The average molecular weight is 468 g/mol. The summed E-state index contributed by atoms with van der Waals surface area (Å²) in [6, 6.07) is 1.62. The molecule has 2 unspecified atom stereocenters. The highest BCUT2D eigenvalue weighted by Gasteiger charge is 2.42. The molecule has 1 saturated carbocycles. The molecule has 0 amide bonds. The number of piperidine rings is 1. The summed E-state index contributed by atoms with van der Waals surface area (Å²) in [5.41, 5.74) is 1.11. The Bertz CT molecular complexity index is 1190. The van der Waals surface area contributed by atoms with Crippen molar-refractivity contribution in [2.75, 3.05) is 25.5 Å². The van der Waals surface area contributed by atoms with Crippen LogP contribution in [0.3, 0.4) is 0 Å². The number of methoxy groups -OCH3 is 1. The fourth-order valence-electron chi connectivity index (χ4n) is 4.12. The molecule has 1 aliphatic heterocycles. The number of fused-ring (bicyclic) bond motifs is 1. The molecule has 176 valence electrons. The number of imidazole rings is 1. The van der Waals surface area contributed by atoms with E-state index in [-0.39, 0.29) is 42.6 Å². The van der Waals surface area contributed by atoms with Gasteiger partial charge in [0, 0.05) is 37.2 Å². The molecule has 2 fully saturated rings. The van der Waals surface area contributed by atoms with E-state index < -0.39 is 29.8 Å². The summed E-state index contributed by atoms with van der Waals surface area (Å²) in [5.74, 6) is -2.99. The molecule has 0 spiro atoms. The van der Waals surface area contributed by atoms with Crippen LogP contribution < -0.4 is 15.4 Å². The van der Waals surface area contributed by atoms with Gasteiger partial charge in [0.05, 0.1) is 19.2 Å². The molecule has 7 nitrogen and oxygen atoms in total. The molecule has 0 aromatic carbocycles. The lowest BCUT2D eigenvalue weighted by atomic mass is 9.95. The van der Waals surface area contributed by atoms with Crippen LogP contribution in [0, 0.1) is 17.6 Å². The van der Waals surface area contributed by atoms with E-state index in [1.807, 2.05) is 0 Å². The van der Waals surface area contributed by atoms with Crippen molar-refractivity contribution in [2.45, 2.75) is 37.4 Å². The number of ether oxygens (including phenoxy) is 1. The minimum absolute atomic E-state index is 0.197. The molecule has 0 radical (unpaired) electrons. The quantitative estimate of drug-likeness (QED) is 0.553. The predicted octanol–water partition coefficient (Wildman–Crippen LogP) is 3.91. The summed E-state index contributed by atoms with van der Waals surface area (Å²) in [5, 5.41) is 9.96. The minimum Gasteiger partial charge on any atom is -0.495 e. The highest BCUT2D eigenvalue weighted by Crippen LogP contribution is 2.43. The van der Waals surface area contributed by atoms with Gasteiger partial charge in [0.2, 0.25) is 0 Å². The molecule has 4 heterocycles. The molecule has 1 saturated heterocycles.